The molecule has 74 valence electrons. The van der Waals surface area contributed by atoms with Crippen molar-refractivity contribution in [2.75, 3.05) is 0 Å². The topological polar surface area (TPSA) is 52.3 Å². The molecule has 2 N–H and O–H groups in total. The molecule has 2 aromatic heterocycles. The Hall–Kier alpha value is -1.19. The van der Waals surface area contributed by atoms with Gasteiger partial charge in [0.05, 0.1) is 0 Å². The van der Waals surface area contributed by atoms with E-state index in [2.05, 4.69) is 0 Å². The maximum Gasteiger partial charge on any atom is 0.193 e. The molecule has 0 fully saturated rings. The van der Waals surface area contributed by atoms with Gasteiger partial charge in [0, 0.05) is 0 Å². The number of halogens is 1. The molecule has 0 saturated carbocycles. The highest BCUT2D eigenvalue weighted by atomic mass is 35.5. The highest BCUT2D eigenvalue weighted by Gasteiger charge is 2.15. The van der Waals surface area contributed by atoms with Crippen LogP contribution in [0.25, 0.3) is 0 Å². The molecule has 1 unspecified atom stereocenters. The first-order valence-electron chi connectivity index (χ1n) is 4.24. The molecule has 0 aromatic carbocycles. The standard InChI is InChI=1S/C10H10ClNO2/c1-6-2-3-7(13-6)10(12)8-4-5-9(11)14-8/h2-5,10H,12H2,1H3. The second-order valence-corrected chi connectivity index (χ2v) is 3.44. The average molecular weight is 212 g/mol. The molecule has 4 heteroatoms. The highest BCUT2D eigenvalue weighted by molar-refractivity contribution is 6.28. The van der Waals surface area contributed by atoms with E-state index in [1.54, 1.807) is 12.1 Å². The van der Waals surface area contributed by atoms with Gasteiger partial charge in [-0.3, -0.25) is 0 Å². The molecule has 2 rings (SSSR count). The van der Waals surface area contributed by atoms with Gasteiger partial charge in [-0.05, 0) is 42.8 Å². The molecule has 0 aliphatic rings. The van der Waals surface area contributed by atoms with E-state index in [0.29, 0.717) is 16.7 Å². The summed E-state index contributed by atoms with van der Waals surface area (Å²) in [6, 6.07) is 6.70. The summed E-state index contributed by atoms with van der Waals surface area (Å²) in [4.78, 5) is 0. The van der Waals surface area contributed by atoms with Crippen molar-refractivity contribution in [3.63, 3.8) is 0 Å². The molecule has 3 nitrogen and oxygen atoms in total. The van der Waals surface area contributed by atoms with Crippen LogP contribution in [0.1, 0.15) is 23.3 Å². The summed E-state index contributed by atoms with van der Waals surface area (Å²) in [5.74, 6) is 2.10. The maximum absolute atomic E-state index is 5.90. The van der Waals surface area contributed by atoms with E-state index in [1.807, 2.05) is 19.1 Å². The largest absolute Gasteiger partial charge is 0.464 e. The van der Waals surface area contributed by atoms with Crippen molar-refractivity contribution in [1.29, 1.82) is 0 Å². The molecule has 0 radical (unpaired) electrons. The van der Waals surface area contributed by atoms with Crippen molar-refractivity contribution in [3.8, 4) is 0 Å². The Morgan fingerprint density at radius 1 is 1.14 bits per heavy atom. The predicted octanol–water partition coefficient (Wildman–Crippen LogP) is 2.88. The van der Waals surface area contributed by atoms with Gasteiger partial charge >= 0.3 is 0 Å². The summed E-state index contributed by atoms with van der Waals surface area (Å²) in [5.41, 5.74) is 5.90. The van der Waals surface area contributed by atoms with Crippen molar-refractivity contribution >= 4 is 11.6 Å². The molecule has 0 saturated heterocycles. The predicted molar refractivity (Wildman–Crippen MR) is 53.2 cm³/mol. The molecule has 14 heavy (non-hydrogen) atoms. The van der Waals surface area contributed by atoms with E-state index in [4.69, 9.17) is 26.2 Å². The molecular weight excluding hydrogens is 202 g/mol. The zero-order chi connectivity index (χ0) is 10.1. The van der Waals surface area contributed by atoms with Crippen molar-refractivity contribution < 1.29 is 8.83 Å². The average Bonchev–Trinajstić information content (AvgIpc) is 2.73. The first-order valence-corrected chi connectivity index (χ1v) is 4.62. The number of hydrogen-bond acceptors (Lipinski definition) is 3. The zero-order valence-electron chi connectivity index (χ0n) is 7.66. The molecule has 2 heterocycles. The van der Waals surface area contributed by atoms with Crippen LogP contribution in [0.4, 0.5) is 0 Å². The minimum atomic E-state index is -0.392. The summed E-state index contributed by atoms with van der Waals surface area (Å²) in [6.45, 7) is 1.87. The molecule has 0 spiro atoms. The van der Waals surface area contributed by atoms with Gasteiger partial charge in [0.1, 0.15) is 23.3 Å². The smallest absolute Gasteiger partial charge is 0.193 e. The molecule has 0 amide bonds. The van der Waals surface area contributed by atoms with Crippen LogP contribution in [0, 0.1) is 6.92 Å². The second kappa shape index (κ2) is 3.52. The van der Waals surface area contributed by atoms with Gasteiger partial charge in [-0.1, -0.05) is 0 Å². The van der Waals surface area contributed by atoms with E-state index in [1.165, 1.54) is 0 Å². The Bertz CT molecular complexity index is 393. The minimum Gasteiger partial charge on any atom is -0.464 e. The normalized spacial score (nSPS) is 13.1. The van der Waals surface area contributed by atoms with Crippen LogP contribution in [0.15, 0.2) is 33.1 Å². The molecule has 2 aromatic rings. The SMILES string of the molecule is Cc1ccc(C(N)c2ccc(Cl)o2)o1. The Morgan fingerprint density at radius 3 is 2.29 bits per heavy atom. The number of rotatable bonds is 2. The number of hydrogen-bond donors (Lipinski definition) is 1. The van der Waals surface area contributed by atoms with Crippen LogP contribution in [0.3, 0.4) is 0 Å². The van der Waals surface area contributed by atoms with Gasteiger partial charge in [-0.15, -0.1) is 0 Å². The van der Waals surface area contributed by atoms with Crippen molar-refractivity contribution in [2.45, 2.75) is 13.0 Å². The van der Waals surface area contributed by atoms with Gasteiger partial charge < -0.3 is 14.6 Å². The summed E-state index contributed by atoms with van der Waals surface area (Å²) in [6.07, 6.45) is 0. The lowest BCUT2D eigenvalue weighted by Gasteiger charge is -2.03. The van der Waals surface area contributed by atoms with E-state index in [-0.39, 0.29) is 0 Å². The maximum atomic E-state index is 5.90. The number of furan rings is 2. The zero-order valence-corrected chi connectivity index (χ0v) is 8.41. The lowest BCUT2D eigenvalue weighted by molar-refractivity contribution is 0.422. The van der Waals surface area contributed by atoms with E-state index < -0.39 is 6.04 Å². The summed E-state index contributed by atoms with van der Waals surface area (Å²) >= 11 is 5.64. The van der Waals surface area contributed by atoms with E-state index >= 15 is 0 Å². The summed E-state index contributed by atoms with van der Waals surface area (Å²) in [5, 5.41) is 0.332. The Kier molecular flexibility index (Phi) is 2.35. The third kappa shape index (κ3) is 1.69. The summed E-state index contributed by atoms with van der Waals surface area (Å²) < 4.78 is 10.6. The Labute approximate surface area is 86.5 Å². The molecule has 0 bridgehead atoms. The van der Waals surface area contributed by atoms with Crippen molar-refractivity contribution in [1.82, 2.24) is 0 Å². The first kappa shape index (κ1) is 9.37. The van der Waals surface area contributed by atoms with Crippen LogP contribution in [-0.2, 0) is 0 Å². The van der Waals surface area contributed by atoms with Gasteiger partial charge in [-0.25, -0.2) is 0 Å². The molecular formula is C10H10ClNO2. The molecule has 0 aliphatic carbocycles. The molecule has 0 aliphatic heterocycles. The number of aryl methyl sites for hydroxylation is 1. The van der Waals surface area contributed by atoms with Crippen LogP contribution in [0.2, 0.25) is 5.22 Å². The lowest BCUT2D eigenvalue weighted by atomic mass is 10.2. The first-order chi connectivity index (χ1) is 6.66. The van der Waals surface area contributed by atoms with Crippen LogP contribution in [-0.4, -0.2) is 0 Å². The van der Waals surface area contributed by atoms with Crippen LogP contribution < -0.4 is 5.73 Å². The quantitative estimate of drug-likeness (QED) is 0.831. The van der Waals surface area contributed by atoms with Gasteiger partial charge in [-0.2, -0.15) is 0 Å². The summed E-state index contributed by atoms with van der Waals surface area (Å²) in [7, 11) is 0. The Balaban J connectivity index is 2.28. The van der Waals surface area contributed by atoms with Crippen LogP contribution >= 0.6 is 11.6 Å². The van der Waals surface area contributed by atoms with Crippen molar-refractivity contribution in [3.05, 3.63) is 46.8 Å². The fourth-order valence-corrected chi connectivity index (χ4v) is 1.41. The molecule has 1 atom stereocenters. The van der Waals surface area contributed by atoms with Gasteiger partial charge in [0.15, 0.2) is 5.22 Å². The Morgan fingerprint density at radius 2 is 1.79 bits per heavy atom. The second-order valence-electron chi connectivity index (χ2n) is 3.07. The fourth-order valence-electron chi connectivity index (χ4n) is 1.26. The fraction of sp³-hybridized carbons (Fsp3) is 0.200. The third-order valence-electron chi connectivity index (χ3n) is 1.97. The third-order valence-corrected chi connectivity index (χ3v) is 2.17. The van der Waals surface area contributed by atoms with Crippen molar-refractivity contribution in [2.24, 2.45) is 5.73 Å². The van der Waals surface area contributed by atoms with Gasteiger partial charge in [0.25, 0.3) is 0 Å². The van der Waals surface area contributed by atoms with E-state index in [0.717, 1.165) is 5.76 Å². The minimum absolute atomic E-state index is 0.332. The highest BCUT2D eigenvalue weighted by Crippen LogP contribution is 2.24. The monoisotopic (exact) mass is 211 g/mol. The lowest BCUT2D eigenvalue weighted by Crippen LogP contribution is -2.09. The number of nitrogens with two attached hydrogens (primary N) is 1. The van der Waals surface area contributed by atoms with Gasteiger partial charge in [0.2, 0.25) is 0 Å². The van der Waals surface area contributed by atoms with E-state index in [9.17, 15) is 0 Å². The van der Waals surface area contributed by atoms with Crippen LogP contribution in [0.5, 0.6) is 0 Å².